The van der Waals surface area contributed by atoms with Crippen LogP contribution in [0.4, 0.5) is 10.1 Å². The van der Waals surface area contributed by atoms with E-state index in [0.717, 1.165) is 11.3 Å². The summed E-state index contributed by atoms with van der Waals surface area (Å²) in [7, 11) is 6.93. The van der Waals surface area contributed by atoms with E-state index in [-0.39, 0.29) is 23.4 Å². The lowest BCUT2D eigenvalue weighted by molar-refractivity contribution is -0.139. The molecule has 0 aromatic heterocycles. The topological polar surface area (TPSA) is 79.3 Å². The molecule has 0 saturated carbocycles. The fourth-order valence-corrected chi connectivity index (χ4v) is 4.46. The molecule has 0 bridgehead atoms. The Morgan fingerprint density at radius 2 is 1.59 bits per heavy atom. The normalized spacial score (nSPS) is 16.7. The van der Waals surface area contributed by atoms with Gasteiger partial charge in [-0.2, -0.15) is 0 Å². The van der Waals surface area contributed by atoms with Crippen LogP contribution in [0.25, 0.3) is 5.76 Å². The molecule has 1 saturated heterocycles. The molecule has 0 spiro atoms. The summed E-state index contributed by atoms with van der Waals surface area (Å²) in [6.45, 7) is 0.223. The van der Waals surface area contributed by atoms with Crippen LogP contribution in [-0.4, -0.2) is 56.6 Å². The summed E-state index contributed by atoms with van der Waals surface area (Å²) in [6, 6.07) is 17.3. The number of anilines is 1. The van der Waals surface area contributed by atoms with Crippen molar-refractivity contribution >= 4 is 23.1 Å². The van der Waals surface area contributed by atoms with Gasteiger partial charge in [-0.15, -0.1) is 0 Å². The first kappa shape index (κ1) is 25.8. The van der Waals surface area contributed by atoms with Crippen molar-refractivity contribution in [3.63, 3.8) is 0 Å². The summed E-state index contributed by atoms with van der Waals surface area (Å²) < 4.78 is 24.2. The number of halogens is 1. The number of ketones is 1. The fourth-order valence-electron chi connectivity index (χ4n) is 4.46. The molecule has 1 atom stereocenters. The van der Waals surface area contributed by atoms with Crippen LogP contribution in [0.3, 0.4) is 0 Å². The predicted molar refractivity (Wildman–Crippen MR) is 139 cm³/mol. The SMILES string of the molecule is COc1ccc(CCN2C(=O)C(=O)C(=C(O)c3ccc(F)cc3)C2c2ccc(N(C)C)cc2)cc1OC. The van der Waals surface area contributed by atoms with Gasteiger partial charge in [-0.1, -0.05) is 18.2 Å². The van der Waals surface area contributed by atoms with E-state index in [4.69, 9.17) is 9.47 Å². The van der Waals surface area contributed by atoms with E-state index in [1.165, 1.54) is 29.2 Å². The van der Waals surface area contributed by atoms with E-state index in [1.54, 1.807) is 20.3 Å². The summed E-state index contributed by atoms with van der Waals surface area (Å²) >= 11 is 0. The maximum absolute atomic E-state index is 13.5. The first-order valence-electron chi connectivity index (χ1n) is 11.8. The Balaban J connectivity index is 1.75. The van der Waals surface area contributed by atoms with E-state index >= 15 is 0 Å². The van der Waals surface area contributed by atoms with Gasteiger partial charge in [0.2, 0.25) is 0 Å². The zero-order chi connectivity index (χ0) is 26.7. The van der Waals surface area contributed by atoms with Crippen molar-refractivity contribution < 1.29 is 28.6 Å². The molecule has 1 aliphatic rings. The van der Waals surface area contributed by atoms with Crippen LogP contribution in [0.2, 0.25) is 0 Å². The van der Waals surface area contributed by atoms with Crippen LogP contribution in [0, 0.1) is 5.82 Å². The van der Waals surface area contributed by atoms with Gasteiger partial charge in [-0.05, 0) is 66.1 Å². The van der Waals surface area contributed by atoms with Crippen LogP contribution in [-0.2, 0) is 16.0 Å². The number of likely N-dealkylation sites (tertiary alicyclic amines) is 1. The lowest BCUT2D eigenvalue weighted by atomic mass is 9.95. The molecule has 7 nitrogen and oxygen atoms in total. The highest BCUT2D eigenvalue weighted by Crippen LogP contribution is 2.40. The van der Waals surface area contributed by atoms with E-state index in [2.05, 4.69) is 0 Å². The van der Waals surface area contributed by atoms with Crippen LogP contribution in [0.1, 0.15) is 22.7 Å². The monoisotopic (exact) mass is 504 g/mol. The number of amides is 1. The Kier molecular flexibility index (Phi) is 7.47. The molecule has 1 aliphatic heterocycles. The second-order valence-electron chi connectivity index (χ2n) is 8.92. The van der Waals surface area contributed by atoms with Crippen molar-refractivity contribution in [1.29, 1.82) is 0 Å². The van der Waals surface area contributed by atoms with Crippen molar-refractivity contribution in [2.75, 3.05) is 39.8 Å². The van der Waals surface area contributed by atoms with Crippen molar-refractivity contribution in [3.8, 4) is 11.5 Å². The summed E-state index contributed by atoms with van der Waals surface area (Å²) in [6.07, 6.45) is 0.441. The highest BCUT2D eigenvalue weighted by atomic mass is 19.1. The molecule has 4 rings (SSSR count). The molecular formula is C29H29FN2O5. The lowest BCUT2D eigenvalue weighted by Gasteiger charge is -2.26. The molecule has 1 fully saturated rings. The van der Waals surface area contributed by atoms with Gasteiger partial charge in [0.05, 0.1) is 25.8 Å². The second-order valence-corrected chi connectivity index (χ2v) is 8.92. The summed E-state index contributed by atoms with van der Waals surface area (Å²) in [4.78, 5) is 29.9. The summed E-state index contributed by atoms with van der Waals surface area (Å²) in [5, 5.41) is 11.1. The smallest absolute Gasteiger partial charge is 0.295 e. The zero-order valence-electron chi connectivity index (χ0n) is 21.2. The van der Waals surface area contributed by atoms with Crippen LogP contribution >= 0.6 is 0 Å². The van der Waals surface area contributed by atoms with Gasteiger partial charge in [-0.3, -0.25) is 9.59 Å². The molecular weight excluding hydrogens is 475 g/mol. The second kappa shape index (κ2) is 10.7. The van der Waals surface area contributed by atoms with Crippen molar-refractivity contribution in [1.82, 2.24) is 4.90 Å². The number of carbonyl (C=O) groups is 2. The summed E-state index contributed by atoms with van der Waals surface area (Å²) in [5.74, 6) is -1.14. The number of ether oxygens (including phenoxy) is 2. The van der Waals surface area contributed by atoms with Crippen molar-refractivity contribution in [3.05, 3.63) is 94.8 Å². The average Bonchev–Trinajstić information content (AvgIpc) is 3.16. The molecule has 1 unspecified atom stereocenters. The number of rotatable bonds is 8. The highest BCUT2D eigenvalue weighted by molar-refractivity contribution is 6.46. The molecule has 1 N–H and O–H groups in total. The zero-order valence-corrected chi connectivity index (χ0v) is 21.2. The molecule has 3 aromatic rings. The Morgan fingerprint density at radius 3 is 2.19 bits per heavy atom. The van der Waals surface area contributed by atoms with Gasteiger partial charge >= 0.3 is 0 Å². The summed E-state index contributed by atoms with van der Waals surface area (Å²) in [5.41, 5.74) is 2.75. The van der Waals surface area contributed by atoms with Gasteiger partial charge in [0.25, 0.3) is 11.7 Å². The fraction of sp³-hybridized carbons (Fsp3) is 0.241. The Labute approximate surface area is 215 Å². The Bertz CT molecular complexity index is 1330. The van der Waals surface area contributed by atoms with E-state index < -0.39 is 23.5 Å². The molecule has 1 amide bonds. The van der Waals surface area contributed by atoms with E-state index in [9.17, 15) is 19.1 Å². The molecule has 37 heavy (non-hydrogen) atoms. The van der Waals surface area contributed by atoms with Crippen LogP contribution in [0.5, 0.6) is 11.5 Å². The Hall–Kier alpha value is -4.33. The van der Waals surface area contributed by atoms with Gasteiger partial charge in [-0.25, -0.2) is 4.39 Å². The standard InChI is InChI=1S/C29H29FN2O5/c1-31(2)22-12-8-19(9-13-22)26-25(27(33)20-6-10-21(30)11-7-20)28(34)29(35)32(26)16-15-18-5-14-23(36-3)24(17-18)37-4/h5-14,17,26,33H,15-16H2,1-4H3. The first-order valence-corrected chi connectivity index (χ1v) is 11.8. The third-order valence-corrected chi connectivity index (χ3v) is 6.47. The maximum Gasteiger partial charge on any atom is 0.295 e. The number of benzene rings is 3. The van der Waals surface area contributed by atoms with Gasteiger partial charge < -0.3 is 24.4 Å². The molecule has 0 radical (unpaired) electrons. The highest BCUT2D eigenvalue weighted by Gasteiger charge is 2.45. The van der Waals surface area contributed by atoms with Gasteiger partial charge in [0, 0.05) is 31.9 Å². The van der Waals surface area contributed by atoms with Crippen molar-refractivity contribution in [2.45, 2.75) is 12.5 Å². The third-order valence-electron chi connectivity index (χ3n) is 6.47. The van der Waals surface area contributed by atoms with Crippen LogP contribution in [0.15, 0.2) is 72.3 Å². The third kappa shape index (κ3) is 5.14. The minimum atomic E-state index is -0.804. The van der Waals surface area contributed by atoms with E-state index in [1.807, 2.05) is 55.4 Å². The number of hydrogen-bond donors (Lipinski definition) is 1. The number of aliphatic hydroxyl groups is 1. The molecule has 1 heterocycles. The minimum absolute atomic E-state index is 0.0264. The number of hydrogen-bond acceptors (Lipinski definition) is 6. The van der Waals surface area contributed by atoms with Gasteiger partial charge in [0.15, 0.2) is 11.5 Å². The number of methoxy groups -OCH3 is 2. The maximum atomic E-state index is 13.5. The molecule has 192 valence electrons. The first-order chi connectivity index (χ1) is 17.7. The quantitative estimate of drug-likeness (QED) is 0.275. The number of aliphatic hydroxyl groups excluding tert-OH is 1. The van der Waals surface area contributed by atoms with E-state index in [0.29, 0.717) is 23.5 Å². The molecule has 8 heteroatoms. The minimum Gasteiger partial charge on any atom is -0.507 e. The predicted octanol–water partition coefficient (Wildman–Crippen LogP) is 4.57. The largest absolute Gasteiger partial charge is 0.507 e. The number of nitrogens with zero attached hydrogens (tertiary/aromatic N) is 2. The number of Topliss-reactive ketones (excluding diaryl/α,β-unsaturated/α-hetero) is 1. The van der Waals surface area contributed by atoms with Crippen molar-refractivity contribution in [2.24, 2.45) is 0 Å². The van der Waals surface area contributed by atoms with Gasteiger partial charge in [0.1, 0.15) is 11.6 Å². The molecule has 3 aromatic carbocycles. The Morgan fingerprint density at radius 1 is 0.946 bits per heavy atom. The number of carbonyl (C=O) groups excluding carboxylic acids is 2. The molecule has 0 aliphatic carbocycles. The van der Waals surface area contributed by atoms with Crippen LogP contribution < -0.4 is 14.4 Å². The average molecular weight is 505 g/mol. The lowest BCUT2D eigenvalue weighted by Crippen LogP contribution is -2.31.